The molecule has 0 bridgehead atoms. The van der Waals surface area contributed by atoms with Crippen molar-refractivity contribution in [1.29, 1.82) is 0 Å². The number of phenolic OH excluding ortho intramolecular Hbond substituents is 2. The Bertz CT molecular complexity index is 570. The summed E-state index contributed by atoms with van der Waals surface area (Å²) in [4.78, 5) is 0. The number of para-hydroxylation sites is 1. The van der Waals surface area contributed by atoms with Gasteiger partial charge >= 0.3 is 0 Å². The first-order valence-electron chi connectivity index (χ1n) is 5.58. The number of rotatable bonds is 3. The highest BCUT2D eigenvalue weighted by atomic mass is 19.1. The minimum Gasteiger partial charge on any atom is -0.508 e. The van der Waals surface area contributed by atoms with E-state index in [1.54, 1.807) is 37.3 Å². The number of halogens is 1. The molecule has 0 unspecified atom stereocenters. The van der Waals surface area contributed by atoms with E-state index in [-0.39, 0.29) is 11.5 Å². The Kier molecular flexibility index (Phi) is 3.37. The summed E-state index contributed by atoms with van der Waals surface area (Å²) in [6.07, 6.45) is 0. The van der Waals surface area contributed by atoms with Gasteiger partial charge in [-0.25, -0.2) is 4.39 Å². The highest BCUT2D eigenvalue weighted by Gasteiger charge is 2.06. The maximum absolute atomic E-state index is 13.1. The minimum absolute atomic E-state index is 0.231. The van der Waals surface area contributed by atoms with E-state index < -0.39 is 5.82 Å². The number of phenols is 2. The Hall–Kier alpha value is -2.23. The van der Waals surface area contributed by atoms with Gasteiger partial charge in [-0.05, 0) is 36.8 Å². The predicted molar refractivity (Wildman–Crippen MR) is 68.2 cm³/mol. The minimum atomic E-state index is -0.629. The molecular weight excluding hydrogens is 233 g/mol. The van der Waals surface area contributed by atoms with E-state index in [9.17, 15) is 14.6 Å². The summed E-state index contributed by atoms with van der Waals surface area (Å²) in [6, 6.07) is 9.50. The summed E-state index contributed by atoms with van der Waals surface area (Å²) in [5.41, 5.74) is 2.04. The standard InChI is InChI=1S/C14H14FNO2/c1-9-7-11(5-6-13(9)17)16-8-10-3-2-4-12(15)14(10)18/h2-7,16-18H,8H2,1H3. The van der Waals surface area contributed by atoms with E-state index in [2.05, 4.69) is 5.32 Å². The molecule has 0 heterocycles. The number of aromatic hydroxyl groups is 2. The van der Waals surface area contributed by atoms with Crippen LogP contribution in [-0.4, -0.2) is 10.2 Å². The zero-order valence-electron chi connectivity index (χ0n) is 9.94. The Labute approximate surface area is 105 Å². The molecule has 0 aliphatic carbocycles. The number of hydrogen-bond acceptors (Lipinski definition) is 3. The van der Waals surface area contributed by atoms with E-state index in [0.29, 0.717) is 12.1 Å². The SMILES string of the molecule is Cc1cc(NCc2cccc(F)c2O)ccc1O. The third-order valence-electron chi connectivity index (χ3n) is 2.75. The second kappa shape index (κ2) is 4.96. The third kappa shape index (κ3) is 2.53. The van der Waals surface area contributed by atoms with Crippen molar-refractivity contribution in [3.8, 4) is 11.5 Å². The molecule has 0 radical (unpaired) electrons. The van der Waals surface area contributed by atoms with Crippen LogP contribution in [0.3, 0.4) is 0 Å². The van der Waals surface area contributed by atoms with Crippen LogP contribution in [0.1, 0.15) is 11.1 Å². The van der Waals surface area contributed by atoms with Gasteiger partial charge in [-0.15, -0.1) is 0 Å². The first-order valence-corrected chi connectivity index (χ1v) is 5.58. The van der Waals surface area contributed by atoms with Gasteiger partial charge in [0, 0.05) is 17.8 Å². The van der Waals surface area contributed by atoms with Crippen LogP contribution in [0.2, 0.25) is 0 Å². The Morgan fingerprint density at radius 2 is 1.94 bits per heavy atom. The van der Waals surface area contributed by atoms with E-state index >= 15 is 0 Å². The molecule has 0 aliphatic heterocycles. The summed E-state index contributed by atoms with van der Waals surface area (Å²) in [6.45, 7) is 2.11. The molecule has 4 heteroatoms. The zero-order valence-corrected chi connectivity index (χ0v) is 9.94. The molecule has 94 valence electrons. The number of hydrogen-bond donors (Lipinski definition) is 3. The fourth-order valence-corrected chi connectivity index (χ4v) is 1.67. The van der Waals surface area contributed by atoms with Gasteiger partial charge in [0.2, 0.25) is 0 Å². The Morgan fingerprint density at radius 1 is 1.17 bits per heavy atom. The number of benzene rings is 2. The first-order chi connectivity index (χ1) is 8.58. The van der Waals surface area contributed by atoms with Gasteiger partial charge in [-0.3, -0.25) is 0 Å². The summed E-state index contributed by atoms with van der Waals surface area (Å²) < 4.78 is 13.1. The number of nitrogens with one attached hydrogen (secondary N) is 1. The molecule has 3 nitrogen and oxygen atoms in total. The van der Waals surface area contributed by atoms with Crippen molar-refractivity contribution in [1.82, 2.24) is 0 Å². The van der Waals surface area contributed by atoms with Gasteiger partial charge in [0.1, 0.15) is 5.75 Å². The molecule has 2 rings (SSSR count). The molecule has 0 spiro atoms. The Balaban J connectivity index is 2.11. The van der Waals surface area contributed by atoms with Gasteiger partial charge in [0.15, 0.2) is 11.6 Å². The normalized spacial score (nSPS) is 10.3. The van der Waals surface area contributed by atoms with Crippen molar-refractivity contribution in [2.75, 3.05) is 5.32 Å². The van der Waals surface area contributed by atoms with Gasteiger partial charge < -0.3 is 15.5 Å². The summed E-state index contributed by atoms with van der Waals surface area (Å²) in [5, 5.41) is 22.0. The summed E-state index contributed by atoms with van der Waals surface area (Å²) in [7, 11) is 0. The molecule has 2 aromatic carbocycles. The number of aryl methyl sites for hydroxylation is 1. The summed E-state index contributed by atoms with van der Waals surface area (Å²) >= 11 is 0. The highest BCUT2D eigenvalue weighted by molar-refractivity contribution is 5.51. The molecule has 3 N–H and O–H groups in total. The van der Waals surface area contributed by atoms with E-state index in [1.807, 2.05) is 0 Å². The van der Waals surface area contributed by atoms with E-state index in [1.165, 1.54) is 6.07 Å². The van der Waals surface area contributed by atoms with Gasteiger partial charge in [0.05, 0.1) is 0 Å². The first kappa shape index (κ1) is 12.2. The molecule has 18 heavy (non-hydrogen) atoms. The Morgan fingerprint density at radius 3 is 2.67 bits per heavy atom. The molecule has 0 saturated carbocycles. The lowest BCUT2D eigenvalue weighted by Crippen LogP contribution is -2.00. The molecular formula is C14H14FNO2. The quantitative estimate of drug-likeness (QED) is 0.730. The van der Waals surface area contributed by atoms with Crippen LogP contribution in [0.15, 0.2) is 36.4 Å². The summed E-state index contributed by atoms with van der Waals surface area (Å²) in [5.74, 6) is -0.731. The van der Waals surface area contributed by atoms with Crippen molar-refractivity contribution in [2.24, 2.45) is 0 Å². The van der Waals surface area contributed by atoms with Crippen LogP contribution in [0, 0.1) is 12.7 Å². The van der Waals surface area contributed by atoms with Gasteiger partial charge in [0.25, 0.3) is 0 Å². The number of anilines is 1. The third-order valence-corrected chi connectivity index (χ3v) is 2.75. The van der Waals surface area contributed by atoms with Crippen LogP contribution in [0.5, 0.6) is 11.5 Å². The molecule has 0 amide bonds. The van der Waals surface area contributed by atoms with Crippen molar-refractivity contribution >= 4 is 5.69 Å². The molecule has 2 aromatic rings. The van der Waals surface area contributed by atoms with Crippen molar-refractivity contribution in [3.63, 3.8) is 0 Å². The lowest BCUT2D eigenvalue weighted by atomic mass is 10.1. The lowest BCUT2D eigenvalue weighted by molar-refractivity contribution is 0.427. The van der Waals surface area contributed by atoms with Crippen LogP contribution in [0.4, 0.5) is 10.1 Å². The monoisotopic (exact) mass is 247 g/mol. The maximum Gasteiger partial charge on any atom is 0.165 e. The second-order valence-electron chi connectivity index (χ2n) is 4.10. The fourth-order valence-electron chi connectivity index (χ4n) is 1.67. The molecule has 0 saturated heterocycles. The zero-order chi connectivity index (χ0) is 13.1. The molecule has 0 fully saturated rings. The van der Waals surface area contributed by atoms with Gasteiger partial charge in [-0.1, -0.05) is 12.1 Å². The van der Waals surface area contributed by atoms with Crippen LogP contribution in [-0.2, 0) is 6.54 Å². The van der Waals surface area contributed by atoms with E-state index in [0.717, 1.165) is 11.3 Å². The van der Waals surface area contributed by atoms with Gasteiger partial charge in [-0.2, -0.15) is 0 Å². The van der Waals surface area contributed by atoms with Crippen molar-refractivity contribution in [2.45, 2.75) is 13.5 Å². The van der Waals surface area contributed by atoms with Crippen molar-refractivity contribution < 1.29 is 14.6 Å². The average molecular weight is 247 g/mol. The molecule has 0 aromatic heterocycles. The molecule has 0 atom stereocenters. The smallest absolute Gasteiger partial charge is 0.165 e. The van der Waals surface area contributed by atoms with Crippen LogP contribution < -0.4 is 5.32 Å². The molecule has 0 aliphatic rings. The predicted octanol–water partition coefficient (Wildman–Crippen LogP) is 3.16. The fraction of sp³-hybridized carbons (Fsp3) is 0.143. The van der Waals surface area contributed by atoms with Crippen LogP contribution >= 0.6 is 0 Å². The van der Waals surface area contributed by atoms with Crippen LogP contribution in [0.25, 0.3) is 0 Å². The maximum atomic E-state index is 13.1. The largest absolute Gasteiger partial charge is 0.508 e. The van der Waals surface area contributed by atoms with E-state index in [4.69, 9.17) is 0 Å². The van der Waals surface area contributed by atoms with Crippen molar-refractivity contribution in [3.05, 3.63) is 53.3 Å². The lowest BCUT2D eigenvalue weighted by Gasteiger charge is -2.09. The average Bonchev–Trinajstić information content (AvgIpc) is 2.35. The second-order valence-corrected chi connectivity index (χ2v) is 4.10. The highest BCUT2D eigenvalue weighted by Crippen LogP contribution is 2.23. The topological polar surface area (TPSA) is 52.5 Å².